The molecule has 2 aromatic rings. The summed E-state index contributed by atoms with van der Waals surface area (Å²) in [4.78, 5) is 44.0. The van der Waals surface area contributed by atoms with Gasteiger partial charge in [0.15, 0.2) is 11.2 Å². The van der Waals surface area contributed by atoms with Crippen LogP contribution >= 0.6 is 11.8 Å². The second-order valence-electron chi connectivity index (χ2n) is 8.28. The first-order chi connectivity index (χ1) is 14.8. The molecule has 0 radical (unpaired) electrons. The van der Waals surface area contributed by atoms with E-state index < -0.39 is 33.6 Å². The Hall–Kier alpha value is -3.11. The number of thioether (sulfide) groups is 1. The maximum atomic E-state index is 13.2. The van der Waals surface area contributed by atoms with Gasteiger partial charge in [0.2, 0.25) is 0 Å². The van der Waals surface area contributed by atoms with E-state index in [-0.39, 0.29) is 18.8 Å². The lowest BCUT2D eigenvalue weighted by Crippen LogP contribution is -2.72. The molecule has 2 saturated heterocycles. The Bertz CT molecular complexity index is 1060. The predicted octanol–water partition coefficient (Wildman–Crippen LogP) is 3.72. The second kappa shape index (κ2) is 7.86. The van der Waals surface area contributed by atoms with Gasteiger partial charge < -0.3 is 4.74 Å². The van der Waals surface area contributed by atoms with Gasteiger partial charge in [-0.05, 0) is 19.4 Å². The summed E-state index contributed by atoms with van der Waals surface area (Å²) in [6.45, 7) is 11.6. The van der Waals surface area contributed by atoms with Crippen molar-refractivity contribution in [1.82, 2.24) is 4.90 Å². The van der Waals surface area contributed by atoms with Crippen LogP contribution in [0.15, 0.2) is 60.7 Å². The number of hydrogen-bond acceptors (Lipinski definition) is 5. The van der Waals surface area contributed by atoms with Gasteiger partial charge in [-0.15, -0.1) is 11.8 Å². The summed E-state index contributed by atoms with van der Waals surface area (Å²) >= 11 is 1.39. The van der Waals surface area contributed by atoms with E-state index in [2.05, 4.69) is 4.85 Å². The van der Waals surface area contributed by atoms with Gasteiger partial charge in [-0.3, -0.25) is 19.3 Å². The number of β-lactam (4-membered cyclic amide) rings is 1. The third kappa shape index (κ3) is 3.51. The van der Waals surface area contributed by atoms with Crippen molar-refractivity contribution in [3.8, 4) is 0 Å². The first kappa shape index (κ1) is 21.1. The summed E-state index contributed by atoms with van der Waals surface area (Å²) < 4.78 is 4.87. The molecule has 0 aliphatic carbocycles. The normalized spacial score (nSPS) is 25.8. The van der Waals surface area contributed by atoms with Crippen molar-refractivity contribution in [2.75, 3.05) is 0 Å². The van der Waals surface area contributed by atoms with Crippen LogP contribution < -0.4 is 0 Å². The molecule has 2 fully saturated rings. The third-order valence-electron chi connectivity index (χ3n) is 5.79. The predicted molar refractivity (Wildman–Crippen MR) is 117 cm³/mol. The molecule has 2 aliphatic rings. The number of esters is 1. The number of ether oxygens (including phenoxy) is 1. The summed E-state index contributed by atoms with van der Waals surface area (Å²) in [6.07, 6.45) is -0.199. The number of carbonyl (C=O) groups excluding carboxylic acids is 3. The molecule has 0 N–H and O–H groups in total. The number of fused-ring (bicyclic) bond motifs is 1. The molecule has 158 valence electrons. The number of ketones is 1. The highest BCUT2D eigenvalue weighted by molar-refractivity contribution is 8.01. The van der Waals surface area contributed by atoms with Crippen LogP contribution in [0.5, 0.6) is 0 Å². The number of carbonyl (C=O) groups is 3. The minimum absolute atomic E-state index is 0.115. The van der Waals surface area contributed by atoms with E-state index in [1.165, 1.54) is 16.7 Å². The monoisotopic (exact) mass is 434 g/mol. The SMILES string of the molecule is [C-]#[N+][C@]1(CC(=O)c2ccccc2)C(=O)N2[C@@H](C(=O)OCc3ccccc3)C(C)(C)S[C@@H]21. The van der Waals surface area contributed by atoms with Gasteiger partial charge in [-0.2, -0.15) is 0 Å². The molecule has 3 atom stereocenters. The van der Waals surface area contributed by atoms with Crippen LogP contribution in [0, 0.1) is 6.57 Å². The number of hydrogen-bond donors (Lipinski definition) is 0. The molecule has 2 aromatic carbocycles. The zero-order valence-corrected chi connectivity index (χ0v) is 18.1. The minimum Gasteiger partial charge on any atom is -0.459 e. The van der Waals surface area contributed by atoms with Crippen molar-refractivity contribution < 1.29 is 19.1 Å². The maximum Gasteiger partial charge on any atom is 0.345 e. The van der Waals surface area contributed by atoms with E-state index in [0.717, 1.165) is 5.56 Å². The highest BCUT2D eigenvalue weighted by Crippen LogP contribution is 2.57. The van der Waals surface area contributed by atoms with Gasteiger partial charge in [-0.25, -0.2) is 11.4 Å². The fraction of sp³-hybridized carbons (Fsp3) is 0.333. The van der Waals surface area contributed by atoms with E-state index in [0.29, 0.717) is 5.56 Å². The lowest BCUT2D eigenvalue weighted by atomic mass is 9.80. The van der Waals surface area contributed by atoms with Gasteiger partial charge in [-0.1, -0.05) is 60.7 Å². The molecular weight excluding hydrogens is 412 g/mol. The molecule has 0 saturated carbocycles. The third-order valence-corrected chi connectivity index (χ3v) is 7.46. The summed E-state index contributed by atoms with van der Waals surface area (Å²) in [6, 6.07) is 17.2. The van der Waals surface area contributed by atoms with Crippen molar-refractivity contribution in [3.05, 3.63) is 83.2 Å². The number of amides is 1. The van der Waals surface area contributed by atoms with Gasteiger partial charge in [0.05, 0.1) is 0 Å². The summed E-state index contributed by atoms with van der Waals surface area (Å²) in [7, 11) is 0. The number of rotatable bonds is 6. The van der Waals surface area contributed by atoms with E-state index in [1.807, 2.05) is 44.2 Å². The van der Waals surface area contributed by atoms with Crippen molar-refractivity contribution in [2.45, 2.75) is 48.6 Å². The molecule has 0 unspecified atom stereocenters. The first-order valence-corrected chi connectivity index (χ1v) is 10.9. The topological polar surface area (TPSA) is 68.0 Å². The first-order valence-electron chi connectivity index (χ1n) is 9.98. The molecular formula is C24H22N2O4S. The van der Waals surface area contributed by atoms with E-state index >= 15 is 0 Å². The summed E-state index contributed by atoms with van der Waals surface area (Å²) in [5.41, 5.74) is -0.156. The molecule has 1 amide bonds. The maximum absolute atomic E-state index is 13.2. The van der Waals surface area contributed by atoms with Crippen LogP contribution in [0.1, 0.15) is 36.2 Å². The molecule has 0 bridgehead atoms. The largest absolute Gasteiger partial charge is 0.459 e. The Morgan fingerprint density at radius 1 is 1.10 bits per heavy atom. The van der Waals surface area contributed by atoms with Crippen LogP contribution in [-0.4, -0.2) is 44.3 Å². The Kier molecular flexibility index (Phi) is 5.36. The number of Topliss-reactive ketones (excluding diaryl/α,β-unsaturated/α-hetero) is 1. The molecule has 4 rings (SSSR count). The molecule has 7 heteroatoms. The Balaban J connectivity index is 1.53. The fourth-order valence-electron chi connectivity index (χ4n) is 4.18. The van der Waals surface area contributed by atoms with Crippen molar-refractivity contribution in [2.24, 2.45) is 0 Å². The van der Waals surface area contributed by atoms with Crippen molar-refractivity contribution in [3.63, 3.8) is 0 Å². The standard InChI is InChI=1S/C24H22N2O4S/c1-23(2)19(20(28)30-15-16-10-6-4-7-11-16)26-21(29)24(25-3,22(26)31-23)14-18(27)17-12-8-5-9-13-17/h4-13,19,22H,14-15H2,1-2H3/t19-,22+,24+/m0/s1. The van der Waals surface area contributed by atoms with Gasteiger partial charge >= 0.3 is 17.4 Å². The van der Waals surface area contributed by atoms with Gasteiger partial charge in [0.1, 0.15) is 19.1 Å². The highest BCUT2D eigenvalue weighted by Gasteiger charge is 2.77. The van der Waals surface area contributed by atoms with E-state index in [4.69, 9.17) is 11.3 Å². The highest BCUT2D eigenvalue weighted by atomic mass is 32.2. The average Bonchev–Trinajstić information content (AvgIpc) is 3.05. The van der Waals surface area contributed by atoms with Crippen molar-refractivity contribution in [1.29, 1.82) is 0 Å². The molecule has 31 heavy (non-hydrogen) atoms. The van der Waals surface area contributed by atoms with E-state index in [9.17, 15) is 14.4 Å². The average molecular weight is 435 g/mol. The molecule has 2 aliphatic heterocycles. The van der Waals surface area contributed by atoms with Crippen LogP contribution in [0.3, 0.4) is 0 Å². The van der Waals surface area contributed by atoms with Crippen LogP contribution in [0.25, 0.3) is 4.85 Å². The van der Waals surface area contributed by atoms with Crippen LogP contribution in [0.4, 0.5) is 0 Å². The molecule has 0 spiro atoms. The van der Waals surface area contributed by atoms with Crippen molar-refractivity contribution >= 4 is 29.4 Å². The minimum atomic E-state index is -1.48. The zero-order chi connectivity index (χ0) is 22.2. The Morgan fingerprint density at radius 2 is 1.71 bits per heavy atom. The van der Waals surface area contributed by atoms with Crippen LogP contribution in [0.2, 0.25) is 0 Å². The second-order valence-corrected chi connectivity index (χ2v) is 10.0. The summed E-state index contributed by atoms with van der Waals surface area (Å²) in [5, 5.41) is -0.561. The molecule has 6 nitrogen and oxygen atoms in total. The van der Waals surface area contributed by atoms with E-state index in [1.54, 1.807) is 30.3 Å². The zero-order valence-electron chi connectivity index (χ0n) is 17.3. The molecule has 2 heterocycles. The lowest BCUT2D eigenvalue weighted by molar-refractivity contribution is -0.167. The Labute approximate surface area is 185 Å². The lowest BCUT2D eigenvalue weighted by Gasteiger charge is -2.44. The quantitative estimate of drug-likeness (QED) is 0.300. The summed E-state index contributed by atoms with van der Waals surface area (Å²) in [5.74, 6) is -1.22. The molecule has 0 aromatic heterocycles. The van der Waals surface area contributed by atoms with Gasteiger partial charge in [0.25, 0.3) is 0 Å². The number of nitrogens with zero attached hydrogens (tertiary/aromatic N) is 2. The smallest absolute Gasteiger partial charge is 0.345 e. The number of benzene rings is 2. The van der Waals surface area contributed by atoms with Crippen LogP contribution in [-0.2, 0) is 20.9 Å². The Morgan fingerprint density at radius 3 is 2.32 bits per heavy atom. The fourth-order valence-corrected chi connectivity index (χ4v) is 5.85. The van der Waals surface area contributed by atoms with Gasteiger partial charge in [0, 0.05) is 10.3 Å².